The van der Waals surface area contributed by atoms with Crippen molar-refractivity contribution >= 4 is 11.6 Å². The van der Waals surface area contributed by atoms with Crippen LogP contribution in [0.4, 0.5) is 8.78 Å². The Morgan fingerprint density at radius 2 is 2.14 bits per heavy atom. The van der Waals surface area contributed by atoms with Gasteiger partial charge in [-0.3, -0.25) is 14.6 Å². The van der Waals surface area contributed by atoms with E-state index in [1.165, 1.54) is 6.20 Å². The van der Waals surface area contributed by atoms with E-state index in [1.54, 1.807) is 18.2 Å². The van der Waals surface area contributed by atoms with Gasteiger partial charge in [-0.2, -0.15) is 0 Å². The van der Waals surface area contributed by atoms with Gasteiger partial charge >= 0.3 is 0 Å². The lowest BCUT2D eigenvalue weighted by Crippen LogP contribution is -2.42. The molecule has 2 atom stereocenters. The molecule has 0 unspecified atom stereocenters. The van der Waals surface area contributed by atoms with Crippen LogP contribution in [0.3, 0.4) is 0 Å². The zero-order chi connectivity index (χ0) is 15.8. The molecule has 118 valence electrons. The molecule has 1 heterocycles. The number of pyridine rings is 1. The van der Waals surface area contributed by atoms with Crippen molar-refractivity contribution in [3.63, 3.8) is 0 Å². The molecule has 1 aromatic heterocycles. The monoisotopic (exact) mass is 307 g/mol. The summed E-state index contributed by atoms with van der Waals surface area (Å²) in [5, 5.41) is 0. The molecule has 0 aliphatic heterocycles. The van der Waals surface area contributed by atoms with Gasteiger partial charge in [-0.1, -0.05) is 6.07 Å². The Hall–Kier alpha value is -1.65. The van der Waals surface area contributed by atoms with Crippen LogP contribution in [0.1, 0.15) is 55.4 Å². The highest BCUT2D eigenvalue weighted by molar-refractivity contribution is 5.94. The quantitative estimate of drug-likeness (QED) is 0.797. The third kappa shape index (κ3) is 2.94. The smallest absolute Gasteiger partial charge is 0.249 e. The van der Waals surface area contributed by atoms with Crippen molar-refractivity contribution in [2.45, 2.75) is 50.9 Å². The molecule has 2 aliphatic rings. The van der Waals surface area contributed by atoms with Crippen LogP contribution in [0.5, 0.6) is 0 Å². The normalized spacial score (nSPS) is 30.6. The molecule has 2 aliphatic carbocycles. The van der Waals surface area contributed by atoms with Gasteiger partial charge in [0.15, 0.2) is 5.78 Å². The van der Waals surface area contributed by atoms with Gasteiger partial charge in [0.05, 0.1) is 0 Å². The van der Waals surface area contributed by atoms with Crippen LogP contribution in [0, 0.1) is 11.3 Å². The van der Waals surface area contributed by atoms with Crippen LogP contribution in [-0.4, -0.2) is 22.5 Å². The molecule has 5 heteroatoms. The number of Topliss-reactive ketones (excluding diaryl/α,β-unsaturated/α-hetero) is 2. The average Bonchev–Trinajstić information content (AvgIpc) is 2.78. The molecule has 1 aromatic rings. The van der Waals surface area contributed by atoms with Crippen LogP contribution in [0.25, 0.3) is 0 Å². The van der Waals surface area contributed by atoms with E-state index in [2.05, 4.69) is 4.98 Å². The minimum absolute atomic E-state index is 0.0397. The topological polar surface area (TPSA) is 47.0 Å². The molecule has 2 fully saturated rings. The van der Waals surface area contributed by atoms with E-state index in [9.17, 15) is 18.4 Å². The molecule has 1 spiro atoms. The molecule has 3 rings (SSSR count). The molecule has 0 N–H and O–H groups in total. The molecule has 2 saturated carbocycles. The third-order valence-corrected chi connectivity index (χ3v) is 4.94. The van der Waals surface area contributed by atoms with Gasteiger partial charge in [-0.15, -0.1) is 0 Å². The van der Waals surface area contributed by atoms with Crippen LogP contribution >= 0.6 is 0 Å². The lowest BCUT2D eigenvalue weighted by Gasteiger charge is -2.41. The minimum Gasteiger partial charge on any atom is -0.299 e. The molecule has 0 aromatic carbocycles. The highest BCUT2D eigenvalue weighted by atomic mass is 19.3. The average molecular weight is 307 g/mol. The third-order valence-electron chi connectivity index (χ3n) is 4.94. The summed E-state index contributed by atoms with van der Waals surface area (Å²) in [5.74, 6) is -3.56. The summed E-state index contributed by atoms with van der Waals surface area (Å²) in [5.41, 5.74) is -0.584. The molecule has 0 saturated heterocycles. The standard InChI is InChI=1S/C17H19F2NO2/c18-17(19)10-12(8-14(21)13-4-1-2-7-20-13)9-16(11-17)6-3-5-15(16)22/h1-2,4,7,12H,3,5-6,8-11H2/t12-,16+/m0/s1. The molecular weight excluding hydrogens is 288 g/mol. The summed E-state index contributed by atoms with van der Waals surface area (Å²) < 4.78 is 28.2. The van der Waals surface area contributed by atoms with E-state index in [0.717, 1.165) is 0 Å². The number of nitrogens with zero attached hydrogens (tertiary/aromatic N) is 1. The summed E-state index contributed by atoms with van der Waals surface area (Å²) in [7, 11) is 0. The van der Waals surface area contributed by atoms with Crippen molar-refractivity contribution in [1.82, 2.24) is 4.98 Å². The van der Waals surface area contributed by atoms with Crippen molar-refractivity contribution in [1.29, 1.82) is 0 Å². The lowest BCUT2D eigenvalue weighted by molar-refractivity contribution is -0.143. The van der Waals surface area contributed by atoms with Gasteiger partial charge in [-0.25, -0.2) is 8.78 Å². The summed E-state index contributed by atoms with van der Waals surface area (Å²) in [6, 6.07) is 5.01. The Bertz CT molecular complexity index is 588. The van der Waals surface area contributed by atoms with E-state index < -0.39 is 17.3 Å². The predicted octanol–water partition coefficient (Wildman–Crippen LogP) is 3.83. The van der Waals surface area contributed by atoms with Crippen molar-refractivity contribution in [3.05, 3.63) is 30.1 Å². The fraction of sp³-hybridized carbons (Fsp3) is 0.588. The van der Waals surface area contributed by atoms with Gasteiger partial charge in [0, 0.05) is 37.3 Å². The number of ketones is 2. The van der Waals surface area contributed by atoms with Gasteiger partial charge in [-0.05, 0) is 37.3 Å². The number of aromatic nitrogens is 1. The maximum absolute atomic E-state index is 14.1. The predicted molar refractivity (Wildman–Crippen MR) is 76.8 cm³/mol. The van der Waals surface area contributed by atoms with E-state index in [4.69, 9.17) is 0 Å². The molecular formula is C17H19F2NO2. The summed E-state index contributed by atoms with van der Waals surface area (Å²) >= 11 is 0. The number of hydrogen-bond acceptors (Lipinski definition) is 3. The second-order valence-electron chi connectivity index (χ2n) is 6.71. The van der Waals surface area contributed by atoms with Gasteiger partial charge in [0.1, 0.15) is 11.5 Å². The van der Waals surface area contributed by atoms with Gasteiger partial charge in [0.2, 0.25) is 5.92 Å². The Kier molecular flexibility index (Phi) is 3.83. The Morgan fingerprint density at radius 3 is 2.77 bits per heavy atom. The maximum Gasteiger partial charge on any atom is 0.249 e. The molecule has 22 heavy (non-hydrogen) atoms. The largest absolute Gasteiger partial charge is 0.299 e. The zero-order valence-corrected chi connectivity index (χ0v) is 12.4. The minimum atomic E-state index is -2.85. The number of halogens is 2. The molecule has 0 bridgehead atoms. The van der Waals surface area contributed by atoms with E-state index in [1.807, 2.05) is 0 Å². The fourth-order valence-electron chi connectivity index (χ4n) is 4.12. The first kappa shape index (κ1) is 15.3. The first-order valence-corrected chi connectivity index (χ1v) is 7.76. The maximum atomic E-state index is 14.1. The number of hydrogen-bond donors (Lipinski definition) is 0. The number of carbonyl (C=O) groups is 2. The lowest BCUT2D eigenvalue weighted by atomic mass is 9.65. The first-order valence-electron chi connectivity index (χ1n) is 7.76. The summed E-state index contributed by atoms with van der Waals surface area (Å²) in [6.07, 6.45) is 2.96. The highest BCUT2D eigenvalue weighted by Gasteiger charge is 2.54. The Labute approximate surface area is 128 Å². The van der Waals surface area contributed by atoms with E-state index >= 15 is 0 Å². The van der Waals surface area contributed by atoms with E-state index in [-0.39, 0.29) is 30.8 Å². The van der Waals surface area contributed by atoms with Crippen molar-refractivity contribution in [2.75, 3.05) is 0 Å². The number of carbonyl (C=O) groups excluding carboxylic acids is 2. The fourth-order valence-corrected chi connectivity index (χ4v) is 4.12. The van der Waals surface area contributed by atoms with Crippen LogP contribution < -0.4 is 0 Å². The number of alkyl halides is 2. The summed E-state index contributed by atoms with van der Waals surface area (Å²) in [6.45, 7) is 0. The number of rotatable bonds is 3. The SMILES string of the molecule is O=C(C[C@@H]1CC(F)(F)C[C@@]2(CCCC2=O)C1)c1ccccn1. The van der Waals surface area contributed by atoms with E-state index in [0.29, 0.717) is 31.4 Å². The molecule has 0 amide bonds. The molecule has 3 nitrogen and oxygen atoms in total. The zero-order valence-electron chi connectivity index (χ0n) is 12.4. The molecule has 0 radical (unpaired) electrons. The Morgan fingerprint density at radius 1 is 1.32 bits per heavy atom. The highest BCUT2D eigenvalue weighted by Crippen LogP contribution is 2.54. The first-order chi connectivity index (χ1) is 10.4. The van der Waals surface area contributed by atoms with Crippen LogP contribution in [0.15, 0.2) is 24.4 Å². The second-order valence-corrected chi connectivity index (χ2v) is 6.71. The van der Waals surface area contributed by atoms with Crippen molar-refractivity contribution < 1.29 is 18.4 Å². The van der Waals surface area contributed by atoms with Crippen molar-refractivity contribution in [2.24, 2.45) is 11.3 Å². The van der Waals surface area contributed by atoms with Crippen LogP contribution in [-0.2, 0) is 4.79 Å². The summed E-state index contributed by atoms with van der Waals surface area (Å²) in [4.78, 5) is 28.3. The van der Waals surface area contributed by atoms with Gasteiger partial charge < -0.3 is 0 Å². The Balaban J connectivity index is 1.76. The van der Waals surface area contributed by atoms with Crippen LogP contribution in [0.2, 0.25) is 0 Å². The second kappa shape index (κ2) is 5.52. The van der Waals surface area contributed by atoms with Gasteiger partial charge in [0.25, 0.3) is 0 Å². The van der Waals surface area contributed by atoms with Crippen molar-refractivity contribution in [3.8, 4) is 0 Å².